The van der Waals surface area contributed by atoms with Gasteiger partial charge in [-0.1, -0.05) is 13.0 Å². The quantitative estimate of drug-likeness (QED) is 0.881. The molecule has 1 fully saturated rings. The smallest absolute Gasteiger partial charge is 0.307 e. The molecule has 5 heteroatoms. The van der Waals surface area contributed by atoms with E-state index < -0.39 is 17.8 Å². The van der Waals surface area contributed by atoms with Crippen molar-refractivity contribution in [3.63, 3.8) is 0 Å². The molecule has 0 aromatic carbocycles. The number of aliphatic carboxylic acids is 1. The van der Waals surface area contributed by atoms with Gasteiger partial charge in [-0.25, -0.2) is 0 Å². The van der Waals surface area contributed by atoms with Crippen LogP contribution in [0.2, 0.25) is 0 Å². The Morgan fingerprint density at radius 2 is 2.05 bits per heavy atom. The number of carboxylic acid groups (broad SMARTS) is 1. The van der Waals surface area contributed by atoms with Crippen molar-refractivity contribution >= 4 is 11.9 Å². The third-order valence-electron chi connectivity index (χ3n) is 3.94. The summed E-state index contributed by atoms with van der Waals surface area (Å²) in [7, 11) is 0. The van der Waals surface area contributed by atoms with Gasteiger partial charge in [-0.3, -0.25) is 14.6 Å². The van der Waals surface area contributed by atoms with E-state index in [4.69, 9.17) is 0 Å². The third-order valence-corrected chi connectivity index (χ3v) is 3.94. The lowest BCUT2D eigenvalue weighted by Gasteiger charge is -2.19. The van der Waals surface area contributed by atoms with Gasteiger partial charge in [0.2, 0.25) is 5.91 Å². The number of aromatic nitrogens is 1. The van der Waals surface area contributed by atoms with Crippen LogP contribution in [0.5, 0.6) is 0 Å². The van der Waals surface area contributed by atoms with E-state index >= 15 is 0 Å². The number of nitrogens with one attached hydrogen (secondary N) is 1. The Balaban J connectivity index is 2.02. The van der Waals surface area contributed by atoms with Crippen molar-refractivity contribution in [2.45, 2.75) is 32.7 Å². The molecule has 0 radical (unpaired) electrons. The molecule has 1 aromatic rings. The highest BCUT2D eigenvalue weighted by molar-refractivity contribution is 5.85. The SMILES string of the molecule is CC1C[C@H](C(=O)NC(C)c2ccccn2)[C@H](C(=O)O)C1. The van der Waals surface area contributed by atoms with Crippen molar-refractivity contribution in [1.82, 2.24) is 10.3 Å². The average molecular weight is 276 g/mol. The molecule has 1 aliphatic rings. The van der Waals surface area contributed by atoms with Gasteiger partial charge in [0.1, 0.15) is 0 Å². The molecule has 0 aliphatic heterocycles. The topological polar surface area (TPSA) is 79.3 Å². The second kappa shape index (κ2) is 6.03. The van der Waals surface area contributed by atoms with Crippen LogP contribution in [0, 0.1) is 17.8 Å². The van der Waals surface area contributed by atoms with E-state index in [0.717, 1.165) is 5.69 Å². The molecule has 0 spiro atoms. The van der Waals surface area contributed by atoms with Gasteiger partial charge in [-0.05, 0) is 37.8 Å². The first-order valence-corrected chi connectivity index (χ1v) is 6.93. The number of carbonyl (C=O) groups is 2. The summed E-state index contributed by atoms with van der Waals surface area (Å²) >= 11 is 0. The average Bonchev–Trinajstić information content (AvgIpc) is 2.82. The first-order valence-electron chi connectivity index (χ1n) is 6.93. The van der Waals surface area contributed by atoms with Crippen LogP contribution in [0.4, 0.5) is 0 Å². The summed E-state index contributed by atoms with van der Waals surface area (Å²) in [6, 6.07) is 5.31. The standard InChI is InChI=1S/C15H20N2O3/c1-9-7-11(12(8-9)15(19)20)14(18)17-10(2)13-5-3-4-6-16-13/h3-6,9-12H,7-8H2,1-2H3,(H,17,18)(H,19,20)/t9?,10?,11-,12+/m0/s1. The highest BCUT2D eigenvalue weighted by Gasteiger charge is 2.41. The van der Waals surface area contributed by atoms with Crippen LogP contribution < -0.4 is 5.32 Å². The number of carbonyl (C=O) groups excluding carboxylic acids is 1. The third kappa shape index (κ3) is 3.15. The lowest BCUT2D eigenvalue weighted by Crippen LogP contribution is -2.36. The van der Waals surface area contributed by atoms with E-state index in [1.807, 2.05) is 32.0 Å². The summed E-state index contributed by atoms with van der Waals surface area (Å²) < 4.78 is 0. The number of rotatable bonds is 4. The highest BCUT2D eigenvalue weighted by Crippen LogP contribution is 2.36. The Labute approximate surface area is 118 Å². The number of amides is 1. The fraction of sp³-hybridized carbons (Fsp3) is 0.533. The lowest BCUT2D eigenvalue weighted by atomic mass is 9.95. The van der Waals surface area contributed by atoms with Crippen LogP contribution in [0.1, 0.15) is 38.4 Å². The number of nitrogens with zero attached hydrogens (tertiary/aromatic N) is 1. The molecule has 108 valence electrons. The van der Waals surface area contributed by atoms with E-state index in [9.17, 15) is 14.7 Å². The molecule has 2 unspecified atom stereocenters. The second-order valence-electron chi connectivity index (χ2n) is 5.61. The lowest BCUT2D eigenvalue weighted by molar-refractivity contribution is -0.146. The normalized spacial score (nSPS) is 27.0. The summed E-state index contributed by atoms with van der Waals surface area (Å²) in [6.07, 6.45) is 2.89. The highest BCUT2D eigenvalue weighted by atomic mass is 16.4. The summed E-state index contributed by atoms with van der Waals surface area (Å²) in [4.78, 5) is 27.7. The predicted molar refractivity (Wildman–Crippen MR) is 73.8 cm³/mol. The molecule has 2 N–H and O–H groups in total. The minimum atomic E-state index is -0.875. The van der Waals surface area contributed by atoms with E-state index in [1.165, 1.54) is 0 Å². The molecule has 5 nitrogen and oxygen atoms in total. The molecular formula is C15H20N2O3. The molecule has 1 aliphatic carbocycles. The van der Waals surface area contributed by atoms with Gasteiger partial charge < -0.3 is 10.4 Å². The van der Waals surface area contributed by atoms with Gasteiger partial charge in [0.25, 0.3) is 0 Å². The summed E-state index contributed by atoms with van der Waals surface area (Å²) in [6.45, 7) is 3.85. The Kier molecular flexibility index (Phi) is 4.37. The molecule has 1 heterocycles. The second-order valence-corrected chi connectivity index (χ2v) is 5.61. The zero-order valence-corrected chi connectivity index (χ0v) is 11.7. The van der Waals surface area contributed by atoms with E-state index in [-0.39, 0.29) is 17.9 Å². The van der Waals surface area contributed by atoms with Crippen molar-refractivity contribution in [2.24, 2.45) is 17.8 Å². The summed E-state index contributed by atoms with van der Waals surface area (Å²) in [5.41, 5.74) is 0.777. The van der Waals surface area contributed by atoms with Crippen LogP contribution in [0.3, 0.4) is 0 Å². The van der Waals surface area contributed by atoms with Crippen molar-refractivity contribution in [2.75, 3.05) is 0 Å². The van der Waals surface area contributed by atoms with Gasteiger partial charge >= 0.3 is 5.97 Å². The number of hydrogen-bond donors (Lipinski definition) is 2. The number of hydrogen-bond acceptors (Lipinski definition) is 3. The molecular weight excluding hydrogens is 256 g/mol. The fourth-order valence-corrected chi connectivity index (χ4v) is 2.88. The largest absolute Gasteiger partial charge is 0.481 e. The van der Waals surface area contributed by atoms with Gasteiger partial charge in [0.15, 0.2) is 0 Å². The van der Waals surface area contributed by atoms with Crippen molar-refractivity contribution in [1.29, 1.82) is 0 Å². The zero-order valence-electron chi connectivity index (χ0n) is 11.7. The van der Waals surface area contributed by atoms with E-state index in [2.05, 4.69) is 10.3 Å². The summed E-state index contributed by atoms with van der Waals surface area (Å²) in [5.74, 6) is -1.79. The molecule has 4 atom stereocenters. The van der Waals surface area contributed by atoms with Crippen LogP contribution in [-0.4, -0.2) is 22.0 Å². The minimum absolute atomic E-state index is 0.181. The maximum absolute atomic E-state index is 12.3. The van der Waals surface area contributed by atoms with Gasteiger partial charge in [-0.15, -0.1) is 0 Å². The van der Waals surface area contributed by atoms with Crippen LogP contribution in [0.25, 0.3) is 0 Å². The van der Waals surface area contributed by atoms with Gasteiger partial charge in [0, 0.05) is 6.20 Å². The molecule has 0 saturated heterocycles. The fourth-order valence-electron chi connectivity index (χ4n) is 2.88. The van der Waals surface area contributed by atoms with Crippen LogP contribution in [-0.2, 0) is 9.59 Å². The number of pyridine rings is 1. The minimum Gasteiger partial charge on any atom is -0.481 e. The molecule has 2 rings (SSSR count). The summed E-state index contributed by atoms with van der Waals surface area (Å²) in [5, 5.41) is 12.1. The van der Waals surface area contributed by atoms with Gasteiger partial charge in [-0.2, -0.15) is 0 Å². The van der Waals surface area contributed by atoms with Gasteiger partial charge in [0.05, 0.1) is 23.6 Å². The molecule has 0 bridgehead atoms. The van der Waals surface area contributed by atoms with Crippen molar-refractivity contribution in [3.05, 3.63) is 30.1 Å². The van der Waals surface area contributed by atoms with Crippen LogP contribution >= 0.6 is 0 Å². The monoisotopic (exact) mass is 276 g/mol. The first-order chi connectivity index (χ1) is 9.49. The Bertz CT molecular complexity index is 489. The maximum Gasteiger partial charge on any atom is 0.307 e. The molecule has 1 aromatic heterocycles. The predicted octanol–water partition coefficient (Wildman–Crippen LogP) is 2.01. The maximum atomic E-state index is 12.3. The molecule has 1 saturated carbocycles. The van der Waals surface area contributed by atoms with E-state index in [1.54, 1.807) is 6.20 Å². The van der Waals surface area contributed by atoms with Crippen LogP contribution in [0.15, 0.2) is 24.4 Å². The molecule has 1 amide bonds. The Hall–Kier alpha value is -1.91. The molecule has 20 heavy (non-hydrogen) atoms. The van der Waals surface area contributed by atoms with Crippen molar-refractivity contribution in [3.8, 4) is 0 Å². The first kappa shape index (κ1) is 14.5. The Morgan fingerprint density at radius 3 is 2.65 bits per heavy atom. The number of carboxylic acids is 1. The Morgan fingerprint density at radius 1 is 1.35 bits per heavy atom. The van der Waals surface area contributed by atoms with E-state index in [0.29, 0.717) is 12.8 Å². The van der Waals surface area contributed by atoms with Crippen molar-refractivity contribution < 1.29 is 14.7 Å². The zero-order chi connectivity index (χ0) is 14.7.